The Morgan fingerprint density at radius 1 is 1.17 bits per heavy atom. The minimum absolute atomic E-state index is 0. The van der Waals surface area contributed by atoms with Crippen LogP contribution in [-0.2, 0) is 6.54 Å². The van der Waals surface area contributed by atoms with Gasteiger partial charge >= 0.3 is 0 Å². The molecule has 0 amide bonds. The molecule has 2 heterocycles. The third-order valence-electron chi connectivity index (χ3n) is 4.24. The highest BCUT2D eigenvalue weighted by Gasteiger charge is 2.08. The monoisotopic (exact) mass is 464 g/mol. The number of rotatable bonds is 9. The third-order valence-corrected chi connectivity index (χ3v) is 4.97. The van der Waals surface area contributed by atoms with Crippen LogP contribution in [0.2, 0.25) is 0 Å². The number of aliphatic imine (C=N–C) groups is 1. The van der Waals surface area contributed by atoms with Crippen molar-refractivity contribution in [1.29, 1.82) is 0 Å². The molecule has 1 aliphatic rings. The Balaban J connectivity index is 0.00000288. The Bertz CT molecular complexity index is 430. The van der Waals surface area contributed by atoms with E-state index in [-0.39, 0.29) is 24.0 Å². The van der Waals surface area contributed by atoms with Crippen molar-refractivity contribution < 1.29 is 0 Å². The summed E-state index contributed by atoms with van der Waals surface area (Å²) in [6.45, 7) is 8.70. The zero-order valence-corrected chi connectivity index (χ0v) is 18.1. The number of thiophene rings is 1. The zero-order valence-electron chi connectivity index (χ0n) is 14.9. The fraction of sp³-hybridized carbons (Fsp3) is 0.722. The lowest BCUT2D eigenvalue weighted by Crippen LogP contribution is -2.37. The minimum Gasteiger partial charge on any atom is -0.357 e. The Morgan fingerprint density at radius 2 is 2.00 bits per heavy atom. The number of likely N-dealkylation sites (tertiary alicyclic amines) is 1. The van der Waals surface area contributed by atoms with E-state index in [9.17, 15) is 0 Å². The second-order valence-electron chi connectivity index (χ2n) is 6.22. The first-order chi connectivity index (χ1) is 11.4. The summed E-state index contributed by atoms with van der Waals surface area (Å²) >= 11 is 1.73. The SMILES string of the molecule is CCNC(=NCc1ccsc1)NCCCCCN1CCCCC1.I. The van der Waals surface area contributed by atoms with E-state index in [1.54, 1.807) is 11.3 Å². The number of nitrogens with one attached hydrogen (secondary N) is 2. The molecule has 6 heteroatoms. The third kappa shape index (κ3) is 9.22. The van der Waals surface area contributed by atoms with Crippen LogP contribution < -0.4 is 10.6 Å². The normalized spacial score (nSPS) is 15.8. The van der Waals surface area contributed by atoms with Crippen molar-refractivity contribution in [1.82, 2.24) is 15.5 Å². The van der Waals surface area contributed by atoms with Crippen LogP contribution in [0, 0.1) is 0 Å². The van der Waals surface area contributed by atoms with Gasteiger partial charge in [-0.05, 0) is 74.6 Å². The van der Waals surface area contributed by atoms with Crippen molar-refractivity contribution in [2.24, 2.45) is 4.99 Å². The van der Waals surface area contributed by atoms with Crippen molar-refractivity contribution in [2.75, 3.05) is 32.7 Å². The first-order valence-electron chi connectivity index (χ1n) is 9.14. The van der Waals surface area contributed by atoms with E-state index in [1.807, 2.05) is 0 Å². The highest BCUT2D eigenvalue weighted by Crippen LogP contribution is 2.10. The summed E-state index contributed by atoms with van der Waals surface area (Å²) in [5, 5.41) is 11.0. The van der Waals surface area contributed by atoms with Crippen molar-refractivity contribution in [3.05, 3.63) is 22.4 Å². The maximum atomic E-state index is 4.64. The number of unbranched alkanes of at least 4 members (excludes halogenated alkanes) is 2. The summed E-state index contributed by atoms with van der Waals surface area (Å²) in [4.78, 5) is 7.27. The molecule has 4 nitrogen and oxygen atoms in total. The van der Waals surface area contributed by atoms with Crippen LogP contribution >= 0.6 is 35.3 Å². The topological polar surface area (TPSA) is 39.7 Å². The molecule has 1 saturated heterocycles. The van der Waals surface area contributed by atoms with E-state index < -0.39 is 0 Å². The van der Waals surface area contributed by atoms with E-state index >= 15 is 0 Å². The van der Waals surface area contributed by atoms with E-state index in [1.165, 1.54) is 63.7 Å². The van der Waals surface area contributed by atoms with Crippen molar-refractivity contribution in [3.63, 3.8) is 0 Å². The molecular formula is C18H33IN4S. The standard InChI is InChI=1S/C18H32N4S.HI/c1-2-19-18(21-15-17-9-14-23-16-17)20-10-5-3-6-11-22-12-7-4-8-13-22;/h9,14,16H,2-8,10-13,15H2,1H3,(H2,19,20,21);1H. The molecule has 2 N–H and O–H groups in total. The van der Waals surface area contributed by atoms with Gasteiger partial charge in [0.05, 0.1) is 6.54 Å². The van der Waals surface area contributed by atoms with E-state index in [0.717, 1.165) is 25.6 Å². The number of piperidine rings is 1. The molecule has 2 rings (SSSR count). The summed E-state index contributed by atoms with van der Waals surface area (Å²) in [5.74, 6) is 0.940. The van der Waals surface area contributed by atoms with Crippen LogP contribution in [0.3, 0.4) is 0 Å². The van der Waals surface area contributed by atoms with Gasteiger partial charge in [0.15, 0.2) is 5.96 Å². The van der Waals surface area contributed by atoms with Gasteiger partial charge in [-0.25, -0.2) is 4.99 Å². The first-order valence-corrected chi connectivity index (χ1v) is 10.1. The summed E-state index contributed by atoms with van der Waals surface area (Å²) < 4.78 is 0. The molecule has 0 radical (unpaired) electrons. The second-order valence-corrected chi connectivity index (χ2v) is 7.00. The molecule has 1 fully saturated rings. The van der Waals surface area contributed by atoms with Crippen LogP contribution in [0.1, 0.15) is 51.0 Å². The molecule has 1 aromatic rings. The van der Waals surface area contributed by atoms with Crippen molar-refractivity contribution in [2.45, 2.75) is 52.0 Å². The van der Waals surface area contributed by atoms with Gasteiger partial charge < -0.3 is 15.5 Å². The second kappa shape index (κ2) is 13.9. The number of hydrogen-bond acceptors (Lipinski definition) is 3. The molecule has 0 unspecified atom stereocenters. The molecule has 0 atom stereocenters. The van der Waals surface area contributed by atoms with Gasteiger partial charge in [-0.15, -0.1) is 24.0 Å². The molecule has 0 aromatic carbocycles. The largest absolute Gasteiger partial charge is 0.357 e. The fourth-order valence-electron chi connectivity index (χ4n) is 2.92. The highest BCUT2D eigenvalue weighted by molar-refractivity contribution is 14.0. The molecule has 0 bridgehead atoms. The van der Waals surface area contributed by atoms with Crippen LogP contribution in [0.4, 0.5) is 0 Å². The molecule has 0 saturated carbocycles. The summed E-state index contributed by atoms with van der Waals surface area (Å²) in [6, 6.07) is 2.14. The Morgan fingerprint density at radius 3 is 2.71 bits per heavy atom. The maximum Gasteiger partial charge on any atom is 0.191 e. The zero-order chi connectivity index (χ0) is 16.2. The quantitative estimate of drug-likeness (QED) is 0.251. The predicted molar refractivity (Wildman–Crippen MR) is 117 cm³/mol. The number of halogens is 1. The average Bonchev–Trinajstić information content (AvgIpc) is 3.10. The lowest BCUT2D eigenvalue weighted by Gasteiger charge is -2.26. The van der Waals surface area contributed by atoms with Crippen LogP contribution in [0.15, 0.2) is 21.8 Å². The number of hydrogen-bond donors (Lipinski definition) is 2. The minimum atomic E-state index is 0. The first kappa shape index (κ1) is 21.7. The summed E-state index contributed by atoms with van der Waals surface area (Å²) in [6.07, 6.45) is 8.06. The predicted octanol–water partition coefficient (Wildman–Crippen LogP) is 4.08. The number of guanidine groups is 1. The highest BCUT2D eigenvalue weighted by atomic mass is 127. The van der Waals surface area contributed by atoms with Gasteiger partial charge in [-0.1, -0.05) is 12.8 Å². The average molecular weight is 464 g/mol. The van der Waals surface area contributed by atoms with Gasteiger partial charge in [0.2, 0.25) is 0 Å². The summed E-state index contributed by atoms with van der Waals surface area (Å²) in [7, 11) is 0. The van der Waals surface area contributed by atoms with Crippen molar-refractivity contribution >= 4 is 41.3 Å². The molecule has 1 aliphatic heterocycles. The van der Waals surface area contributed by atoms with Gasteiger partial charge in [0.1, 0.15) is 0 Å². The molecule has 24 heavy (non-hydrogen) atoms. The molecular weight excluding hydrogens is 431 g/mol. The lowest BCUT2D eigenvalue weighted by molar-refractivity contribution is 0.224. The Labute approximate surface area is 168 Å². The van der Waals surface area contributed by atoms with Crippen LogP contribution in [0.5, 0.6) is 0 Å². The van der Waals surface area contributed by atoms with Crippen molar-refractivity contribution in [3.8, 4) is 0 Å². The van der Waals surface area contributed by atoms with Crippen LogP contribution in [0.25, 0.3) is 0 Å². The molecule has 0 aliphatic carbocycles. The van der Waals surface area contributed by atoms with E-state index in [4.69, 9.17) is 0 Å². The Kier molecular flexibility index (Phi) is 12.6. The van der Waals surface area contributed by atoms with E-state index in [2.05, 4.69) is 44.3 Å². The van der Waals surface area contributed by atoms with E-state index in [0.29, 0.717) is 0 Å². The van der Waals surface area contributed by atoms with Gasteiger partial charge in [-0.3, -0.25) is 0 Å². The smallest absolute Gasteiger partial charge is 0.191 e. The lowest BCUT2D eigenvalue weighted by atomic mass is 10.1. The van der Waals surface area contributed by atoms with Crippen LogP contribution in [-0.4, -0.2) is 43.6 Å². The maximum absolute atomic E-state index is 4.64. The molecule has 0 spiro atoms. The Hall–Kier alpha value is -0.340. The fourth-order valence-corrected chi connectivity index (χ4v) is 3.58. The molecule has 138 valence electrons. The van der Waals surface area contributed by atoms with Gasteiger partial charge in [0, 0.05) is 13.1 Å². The number of nitrogens with zero attached hydrogens (tertiary/aromatic N) is 2. The molecule has 1 aromatic heterocycles. The summed E-state index contributed by atoms with van der Waals surface area (Å²) in [5.41, 5.74) is 1.29. The van der Waals surface area contributed by atoms with Gasteiger partial charge in [-0.2, -0.15) is 11.3 Å². The van der Waals surface area contributed by atoms with Gasteiger partial charge in [0.25, 0.3) is 0 Å².